The standard InChI is InChI=1S/C17H27NO2/c1-16(2,3)12-17(4,5)13-6-8-14(9-7-13)18-11-10-15(19)20/h6-9,18H,10-12H2,1-5H3,(H,19,20). The number of benzene rings is 1. The molecule has 1 aromatic rings. The summed E-state index contributed by atoms with van der Waals surface area (Å²) in [5.74, 6) is -0.777. The third-order valence-electron chi connectivity index (χ3n) is 3.31. The molecule has 3 heteroatoms. The van der Waals surface area contributed by atoms with Crippen molar-refractivity contribution in [3.8, 4) is 0 Å². The maximum absolute atomic E-state index is 10.5. The first kappa shape index (κ1) is 16.5. The predicted octanol–water partition coefficient (Wildman–Crippen LogP) is 4.29. The Labute approximate surface area is 122 Å². The van der Waals surface area contributed by atoms with E-state index in [4.69, 9.17) is 5.11 Å². The van der Waals surface area contributed by atoms with Crippen LogP contribution >= 0.6 is 0 Å². The van der Waals surface area contributed by atoms with E-state index < -0.39 is 5.97 Å². The zero-order valence-corrected chi connectivity index (χ0v) is 13.3. The Morgan fingerprint density at radius 1 is 1.10 bits per heavy atom. The van der Waals surface area contributed by atoms with Crippen molar-refractivity contribution in [3.63, 3.8) is 0 Å². The van der Waals surface area contributed by atoms with Crippen LogP contribution in [0.4, 0.5) is 5.69 Å². The fourth-order valence-corrected chi connectivity index (χ4v) is 2.78. The summed E-state index contributed by atoms with van der Waals surface area (Å²) >= 11 is 0. The summed E-state index contributed by atoms with van der Waals surface area (Å²) in [7, 11) is 0. The lowest BCUT2D eigenvalue weighted by molar-refractivity contribution is -0.136. The van der Waals surface area contributed by atoms with Crippen molar-refractivity contribution in [2.45, 2.75) is 52.9 Å². The van der Waals surface area contributed by atoms with Gasteiger partial charge in [-0.2, -0.15) is 0 Å². The highest BCUT2D eigenvalue weighted by Crippen LogP contribution is 2.36. The number of aliphatic carboxylic acids is 1. The highest BCUT2D eigenvalue weighted by atomic mass is 16.4. The van der Waals surface area contributed by atoms with Gasteiger partial charge >= 0.3 is 5.97 Å². The summed E-state index contributed by atoms with van der Waals surface area (Å²) < 4.78 is 0. The lowest BCUT2D eigenvalue weighted by Crippen LogP contribution is -2.24. The molecule has 2 N–H and O–H groups in total. The van der Waals surface area contributed by atoms with Gasteiger partial charge in [0.15, 0.2) is 0 Å². The molecule has 0 saturated heterocycles. The summed E-state index contributed by atoms with van der Waals surface area (Å²) in [5.41, 5.74) is 2.72. The number of nitrogens with one attached hydrogen (secondary N) is 1. The fourth-order valence-electron chi connectivity index (χ4n) is 2.78. The van der Waals surface area contributed by atoms with Crippen molar-refractivity contribution in [3.05, 3.63) is 29.8 Å². The van der Waals surface area contributed by atoms with Crippen molar-refractivity contribution in [1.82, 2.24) is 0 Å². The molecule has 0 radical (unpaired) electrons. The molecule has 20 heavy (non-hydrogen) atoms. The number of hydrogen-bond donors (Lipinski definition) is 2. The van der Waals surface area contributed by atoms with E-state index in [2.05, 4.69) is 52.1 Å². The van der Waals surface area contributed by atoms with Gasteiger partial charge < -0.3 is 10.4 Å². The Balaban J connectivity index is 2.68. The SMILES string of the molecule is CC(C)(C)CC(C)(C)c1ccc(NCCC(=O)O)cc1. The van der Waals surface area contributed by atoms with Crippen LogP contribution in [-0.2, 0) is 10.2 Å². The molecule has 1 rings (SSSR count). The Morgan fingerprint density at radius 2 is 1.65 bits per heavy atom. The fraction of sp³-hybridized carbons (Fsp3) is 0.588. The number of rotatable bonds is 6. The van der Waals surface area contributed by atoms with Gasteiger partial charge in [-0.15, -0.1) is 0 Å². The number of carboxylic acid groups (broad SMARTS) is 1. The number of carbonyl (C=O) groups is 1. The zero-order chi connectivity index (χ0) is 15.4. The normalized spacial score (nSPS) is 12.2. The van der Waals surface area contributed by atoms with Crippen LogP contribution in [0.2, 0.25) is 0 Å². The van der Waals surface area contributed by atoms with Gasteiger partial charge in [0.25, 0.3) is 0 Å². The van der Waals surface area contributed by atoms with Gasteiger partial charge in [0.05, 0.1) is 6.42 Å². The Kier molecular flexibility index (Phi) is 5.21. The minimum atomic E-state index is -0.777. The molecule has 0 heterocycles. The molecule has 0 atom stereocenters. The van der Waals surface area contributed by atoms with Gasteiger partial charge in [0.1, 0.15) is 0 Å². The van der Waals surface area contributed by atoms with Crippen LogP contribution in [-0.4, -0.2) is 17.6 Å². The molecular formula is C17H27NO2. The summed E-state index contributed by atoms with van der Waals surface area (Å²) in [4.78, 5) is 10.5. The van der Waals surface area contributed by atoms with Crippen LogP contribution in [0.25, 0.3) is 0 Å². The molecule has 0 unspecified atom stereocenters. The Morgan fingerprint density at radius 3 is 2.10 bits per heavy atom. The van der Waals surface area contributed by atoms with E-state index in [-0.39, 0.29) is 11.8 Å². The van der Waals surface area contributed by atoms with Gasteiger partial charge in [-0.05, 0) is 34.9 Å². The molecule has 112 valence electrons. The first-order chi connectivity index (χ1) is 9.10. The smallest absolute Gasteiger partial charge is 0.305 e. The van der Waals surface area contributed by atoms with E-state index in [0.29, 0.717) is 12.0 Å². The average molecular weight is 277 g/mol. The first-order valence-corrected chi connectivity index (χ1v) is 7.16. The van der Waals surface area contributed by atoms with Gasteiger partial charge in [-0.1, -0.05) is 46.8 Å². The van der Waals surface area contributed by atoms with E-state index >= 15 is 0 Å². The maximum Gasteiger partial charge on any atom is 0.305 e. The van der Waals surface area contributed by atoms with E-state index in [1.807, 2.05) is 12.1 Å². The Bertz CT molecular complexity index is 441. The van der Waals surface area contributed by atoms with Crippen LogP contribution in [0.1, 0.15) is 53.0 Å². The van der Waals surface area contributed by atoms with E-state index in [9.17, 15) is 4.79 Å². The largest absolute Gasteiger partial charge is 0.481 e. The average Bonchev–Trinajstić information content (AvgIpc) is 2.26. The predicted molar refractivity (Wildman–Crippen MR) is 84.3 cm³/mol. The number of anilines is 1. The van der Waals surface area contributed by atoms with Crippen molar-refractivity contribution in [2.24, 2.45) is 5.41 Å². The summed E-state index contributed by atoms with van der Waals surface area (Å²) in [6.45, 7) is 11.8. The second kappa shape index (κ2) is 6.29. The molecule has 0 aliphatic heterocycles. The van der Waals surface area contributed by atoms with E-state index in [0.717, 1.165) is 12.1 Å². The van der Waals surface area contributed by atoms with Crippen LogP contribution in [0, 0.1) is 5.41 Å². The highest BCUT2D eigenvalue weighted by molar-refractivity contribution is 5.67. The minimum absolute atomic E-state index is 0.136. The third kappa shape index (κ3) is 5.64. The molecule has 0 bridgehead atoms. The molecular weight excluding hydrogens is 250 g/mol. The van der Waals surface area contributed by atoms with Gasteiger partial charge in [0, 0.05) is 12.2 Å². The molecule has 0 amide bonds. The van der Waals surface area contributed by atoms with Gasteiger partial charge in [0.2, 0.25) is 0 Å². The van der Waals surface area contributed by atoms with Crippen LogP contribution in [0.3, 0.4) is 0 Å². The molecule has 0 aromatic heterocycles. The quantitative estimate of drug-likeness (QED) is 0.815. The molecule has 0 spiro atoms. The third-order valence-corrected chi connectivity index (χ3v) is 3.31. The molecule has 0 saturated carbocycles. The van der Waals surface area contributed by atoms with Crippen LogP contribution in [0.5, 0.6) is 0 Å². The molecule has 0 fully saturated rings. The number of carboxylic acids is 1. The molecule has 1 aromatic carbocycles. The van der Waals surface area contributed by atoms with Gasteiger partial charge in [-0.3, -0.25) is 4.79 Å². The second-order valence-electron chi connectivity index (χ2n) is 7.27. The van der Waals surface area contributed by atoms with Crippen molar-refractivity contribution < 1.29 is 9.90 Å². The van der Waals surface area contributed by atoms with E-state index in [1.165, 1.54) is 5.56 Å². The van der Waals surface area contributed by atoms with Crippen molar-refractivity contribution in [1.29, 1.82) is 0 Å². The van der Waals surface area contributed by atoms with Crippen molar-refractivity contribution >= 4 is 11.7 Å². The highest BCUT2D eigenvalue weighted by Gasteiger charge is 2.26. The summed E-state index contributed by atoms with van der Waals surface area (Å²) in [5, 5.41) is 11.7. The first-order valence-electron chi connectivity index (χ1n) is 7.16. The lowest BCUT2D eigenvalue weighted by Gasteiger charge is -2.33. The minimum Gasteiger partial charge on any atom is -0.481 e. The molecule has 3 nitrogen and oxygen atoms in total. The van der Waals surface area contributed by atoms with E-state index in [1.54, 1.807) is 0 Å². The number of hydrogen-bond acceptors (Lipinski definition) is 2. The Hall–Kier alpha value is -1.51. The molecule has 0 aliphatic rings. The van der Waals surface area contributed by atoms with Crippen molar-refractivity contribution in [2.75, 3.05) is 11.9 Å². The molecule has 0 aliphatic carbocycles. The van der Waals surface area contributed by atoms with Gasteiger partial charge in [-0.25, -0.2) is 0 Å². The monoisotopic (exact) mass is 277 g/mol. The summed E-state index contributed by atoms with van der Waals surface area (Å²) in [6, 6.07) is 8.33. The van der Waals surface area contributed by atoms with Crippen LogP contribution in [0.15, 0.2) is 24.3 Å². The van der Waals surface area contributed by atoms with Crippen LogP contribution < -0.4 is 5.32 Å². The lowest BCUT2D eigenvalue weighted by atomic mass is 9.72. The summed E-state index contributed by atoms with van der Waals surface area (Å²) in [6.07, 6.45) is 1.25. The second-order valence-corrected chi connectivity index (χ2v) is 7.27. The maximum atomic E-state index is 10.5. The zero-order valence-electron chi connectivity index (χ0n) is 13.3. The topological polar surface area (TPSA) is 49.3 Å².